The van der Waals surface area contributed by atoms with Gasteiger partial charge < -0.3 is 43.7 Å². The minimum atomic E-state index is -0.526. The summed E-state index contributed by atoms with van der Waals surface area (Å²) in [6.07, 6.45) is 6.86. The largest absolute Gasteiger partial charge is 1.00 e. The molecule has 0 saturated heterocycles. The van der Waals surface area contributed by atoms with Crippen molar-refractivity contribution in [3.8, 4) is 11.5 Å². The van der Waals surface area contributed by atoms with Gasteiger partial charge in [-0.15, -0.1) is 0 Å². The fourth-order valence-corrected chi connectivity index (χ4v) is 4.52. The summed E-state index contributed by atoms with van der Waals surface area (Å²) in [6, 6.07) is 19.7. The van der Waals surface area contributed by atoms with Crippen LogP contribution in [0.15, 0.2) is 66.7 Å². The van der Waals surface area contributed by atoms with Crippen molar-refractivity contribution < 1.29 is 47.9 Å². The molecule has 0 aliphatic rings. The minimum absolute atomic E-state index is 0. The SMILES string of the molecule is C[NH+](C)c1ccc(CC(=O)NCCCCCCCCOc2ccc(OC(=O)c3cc(Cl)cc(Cl)c3)cc2)cc1.[I-]. The van der Waals surface area contributed by atoms with Gasteiger partial charge in [-0.05, 0) is 73.0 Å². The number of unbranched alkanes of at least 4 members (excludes halogenated alkanes) is 5. The fourth-order valence-electron chi connectivity index (χ4n) is 4.00. The Morgan fingerprint density at radius 2 is 1.35 bits per heavy atom. The number of carbonyl (C=O) groups excluding carboxylic acids is 2. The Labute approximate surface area is 264 Å². The summed E-state index contributed by atoms with van der Waals surface area (Å²) in [6.45, 7) is 1.35. The van der Waals surface area contributed by atoms with Crippen molar-refractivity contribution in [2.45, 2.75) is 44.9 Å². The first-order valence-corrected chi connectivity index (χ1v) is 14.1. The first kappa shape index (κ1) is 33.9. The van der Waals surface area contributed by atoms with Crippen molar-refractivity contribution in [3.63, 3.8) is 0 Å². The van der Waals surface area contributed by atoms with Gasteiger partial charge in [0.25, 0.3) is 0 Å². The zero-order valence-electron chi connectivity index (χ0n) is 23.0. The van der Waals surface area contributed by atoms with Gasteiger partial charge in [0, 0.05) is 16.6 Å². The molecule has 0 aliphatic carbocycles. The molecule has 0 unspecified atom stereocenters. The monoisotopic (exact) mass is 698 g/mol. The molecular formula is C31H37Cl2IN2O4. The van der Waals surface area contributed by atoms with E-state index in [0.717, 1.165) is 56.4 Å². The molecule has 0 atom stereocenters. The van der Waals surface area contributed by atoms with Crippen molar-refractivity contribution in [1.82, 2.24) is 5.32 Å². The molecule has 40 heavy (non-hydrogen) atoms. The number of rotatable bonds is 15. The van der Waals surface area contributed by atoms with Crippen LogP contribution in [0.2, 0.25) is 10.0 Å². The van der Waals surface area contributed by atoms with Gasteiger partial charge in [0.2, 0.25) is 5.91 Å². The van der Waals surface area contributed by atoms with E-state index in [1.807, 2.05) is 12.1 Å². The third kappa shape index (κ3) is 12.5. The van der Waals surface area contributed by atoms with Crippen molar-refractivity contribution >= 4 is 40.8 Å². The van der Waals surface area contributed by atoms with Crippen LogP contribution in [0, 0.1) is 0 Å². The molecule has 3 aromatic rings. The molecule has 0 saturated carbocycles. The summed E-state index contributed by atoms with van der Waals surface area (Å²) in [7, 11) is 4.17. The first-order chi connectivity index (χ1) is 18.8. The van der Waals surface area contributed by atoms with Crippen LogP contribution < -0.4 is 43.7 Å². The van der Waals surface area contributed by atoms with Crippen LogP contribution in [0.4, 0.5) is 5.69 Å². The number of carbonyl (C=O) groups is 2. The quantitative estimate of drug-likeness (QED) is 0.111. The number of hydrogen-bond acceptors (Lipinski definition) is 4. The molecule has 9 heteroatoms. The second kappa shape index (κ2) is 18.2. The Hall–Kier alpha value is -2.33. The molecule has 0 bridgehead atoms. The molecule has 216 valence electrons. The molecule has 0 heterocycles. The summed E-state index contributed by atoms with van der Waals surface area (Å²) in [5, 5.41) is 3.77. The van der Waals surface area contributed by atoms with E-state index in [2.05, 4.69) is 31.5 Å². The third-order valence-electron chi connectivity index (χ3n) is 6.19. The number of esters is 1. The Balaban J connectivity index is 0.00000560. The lowest BCUT2D eigenvalue weighted by Crippen LogP contribution is -3.00. The van der Waals surface area contributed by atoms with Gasteiger partial charge in [0.1, 0.15) is 17.2 Å². The van der Waals surface area contributed by atoms with E-state index in [1.54, 1.807) is 30.3 Å². The van der Waals surface area contributed by atoms with E-state index in [4.69, 9.17) is 32.7 Å². The predicted octanol–water partition coefficient (Wildman–Crippen LogP) is 3.07. The fraction of sp³-hybridized carbons (Fsp3) is 0.355. The van der Waals surface area contributed by atoms with Crippen molar-refractivity contribution in [3.05, 3.63) is 87.9 Å². The van der Waals surface area contributed by atoms with Crippen molar-refractivity contribution in [1.29, 1.82) is 0 Å². The molecule has 6 nitrogen and oxygen atoms in total. The summed E-state index contributed by atoms with van der Waals surface area (Å²) in [5.74, 6) is 0.696. The highest BCUT2D eigenvalue weighted by Crippen LogP contribution is 2.22. The predicted molar refractivity (Wildman–Crippen MR) is 157 cm³/mol. The standard InChI is InChI=1S/C31H36Cl2N2O4.HI/c1-35(2)27-11-9-23(10-12-27)19-30(36)34-17-7-5-3-4-6-8-18-38-28-13-15-29(16-14-28)39-31(37)24-20-25(32)22-26(33)21-24;/h9-16,20-22H,3-8,17-19H2,1-2H3,(H,34,36);1H. The Kier molecular flexibility index (Phi) is 15.4. The topological polar surface area (TPSA) is 69.1 Å². The number of nitrogens with one attached hydrogen (secondary N) is 2. The maximum Gasteiger partial charge on any atom is 0.343 e. The third-order valence-corrected chi connectivity index (χ3v) is 6.63. The Morgan fingerprint density at radius 1 is 0.775 bits per heavy atom. The van der Waals surface area contributed by atoms with Crippen LogP contribution in [-0.2, 0) is 11.2 Å². The van der Waals surface area contributed by atoms with Gasteiger partial charge in [-0.3, -0.25) is 4.79 Å². The van der Waals surface area contributed by atoms with Crippen LogP contribution in [0.3, 0.4) is 0 Å². The normalized spacial score (nSPS) is 10.6. The summed E-state index contributed by atoms with van der Waals surface area (Å²) in [4.78, 5) is 25.7. The number of hydrogen-bond donors (Lipinski definition) is 2. The molecule has 0 radical (unpaired) electrons. The number of amides is 1. The lowest BCUT2D eigenvalue weighted by Gasteiger charge is -2.09. The van der Waals surface area contributed by atoms with Crippen LogP contribution >= 0.6 is 23.2 Å². The highest BCUT2D eigenvalue weighted by molar-refractivity contribution is 6.35. The van der Waals surface area contributed by atoms with Gasteiger partial charge in [0.15, 0.2) is 0 Å². The van der Waals surface area contributed by atoms with Crippen molar-refractivity contribution in [2.24, 2.45) is 0 Å². The van der Waals surface area contributed by atoms with Gasteiger partial charge in [-0.1, -0.05) is 61.0 Å². The lowest BCUT2D eigenvalue weighted by atomic mass is 10.1. The Morgan fingerprint density at radius 3 is 1.98 bits per heavy atom. The number of halogens is 3. The highest BCUT2D eigenvalue weighted by Gasteiger charge is 2.11. The van der Waals surface area contributed by atoms with E-state index < -0.39 is 5.97 Å². The second-order valence-corrected chi connectivity index (χ2v) is 10.6. The number of quaternary nitrogens is 1. The van der Waals surface area contributed by atoms with E-state index in [-0.39, 0.29) is 29.9 Å². The van der Waals surface area contributed by atoms with E-state index in [1.165, 1.54) is 22.7 Å². The zero-order chi connectivity index (χ0) is 28.0. The van der Waals surface area contributed by atoms with Crippen LogP contribution in [0.1, 0.15) is 54.4 Å². The zero-order valence-corrected chi connectivity index (χ0v) is 26.7. The molecule has 1 amide bonds. The number of ether oxygens (including phenoxy) is 2. The number of benzene rings is 3. The first-order valence-electron chi connectivity index (χ1n) is 13.4. The minimum Gasteiger partial charge on any atom is -1.00 e. The van der Waals surface area contributed by atoms with Crippen LogP contribution in [0.5, 0.6) is 11.5 Å². The average molecular weight is 699 g/mol. The summed E-state index contributed by atoms with van der Waals surface area (Å²) < 4.78 is 11.2. The average Bonchev–Trinajstić information content (AvgIpc) is 2.90. The van der Waals surface area contributed by atoms with Gasteiger partial charge >= 0.3 is 5.97 Å². The molecular weight excluding hydrogens is 662 g/mol. The molecule has 0 aromatic heterocycles. The van der Waals surface area contributed by atoms with E-state index in [9.17, 15) is 9.59 Å². The van der Waals surface area contributed by atoms with Gasteiger partial charge in [-0.2, -0.15) is 0 Å². The van der Waals surface area contributed by atoms with Crippen LogP contribution in [-0.4, -0.2) is 39.1 Å². The summed E-state index contributed by atoms with van der Waals surface area (Å²) in [5.41, 5.74) is 2.54. The molecule has 3 rings (SSSR count). The van der Waals surface area contributed by atoms with E-state index in [0.29, 0.717) is 34.4 Å². The molecule has 0 fully saturated rings. The second-order valence-electron chi connectivity index (χ2n) is 9.71. The smallest absolute Gasteiger partial charge is 0.343 e. The Bertz CT molecular complexity index is 1180. The summed E-state index contributed by atoms with van der Waals surface area (Å²) >= 11 is 11.9. The maximum absolute atomic E-state index is 12.3. The molecule has 0 spiro atoms. The van der Waals surface area contributed by atoms with Crippen molar-refractivity contribution in [2.75, 3.05) is 27.2 Å². The maximum atomic E-state index is 12.3. The van der Waals surface area contributed by atoms with E-state index >= 15 is 0 Å². The van der Waals surface area contributed by atoms with Gasteiger partial charge in [-0.25, -0.2) is 4.79 Å². The highest BCUT2D eigenvalue weighted by atomic mass is 127. The van der Waals surface area contributed by atoms with Gasteiger partial charge in [0.05, 0.1) is 32.7 Å². The molecule has 0 aliphatic heterocycles. The molecule has 2 N–H and O–H groups in total. The van der Waals surface area contributed by atoms with Crippen LogP contribution in [0.25, 0.3) is 0 Å². The lowest BCUT2D eigenvalue weighted by molar-refractivity contribution is -0.786. The molecule has 3 aromatic carbocycles.